The first-order valence-electron chi connectivity index (χ1n) is 11.1. The summed E-state index contributed by atoms with van der Waals surface area (Å²) in [7, 11) is 0. The smallest absolute Gasteiger partial charge is 0.255 e. The Balaban J connectivity index is 1.29. The Labute approximate surface area is 178 Å². The minimum absolute atomic E-state index is 0.102. The van der Waals surface area contributed by atoms with Crippen molar-refractivity contribution in [3.05, 3.63) is 41.5 Å². The van der Waals surface area contributed by atoms with Crippen molar-refractivity contribution in [1.29, 1.82) is 0 Å². The van der Waals surface area contributed by atoms with Gasteiger partial charge in [-0.05, 0) is 57.6 Å². The molecule has 30 heavy (non-hydrogen) atoms. The van der Waals surface area contributed by atoms with Crippen LogP contribution in [0, 0.1) is 19.8 Å². The average Bonchev–Trinajstić information content (AvgIpc) is 2.74. The van der Waals surface area contributed by atoms with Gasteiger partial charge in [0.05, 0.1) is 5.56 Å². The Hall–Kier alpha value is -2.70. The van der Waals surface area contributed by atoms with Crippen LogP contribution in [0.15, 0.2) is 24.4 Å². The Morgan fingerprint density at radius 3 is 2.40 bits per heavy atom. The molecule has 0 aromatic carbocycles. The van der Waals surface area contributed by atoms with E-state index in [-0.39, 0.29) is 5.91 Å². The molecule has 0 unspecified atom stereocenters. The molecule has 0 saturated carbocycles. The van der Waals surface area contributed by atoms with Gasteiger partial charge in [0.2, 0.25) is 0 Å². The van der Waals surface area contributed by atoms with Crippen LogP contribution in [0.1, 0.15) is 54.5 Å². The van der Waals surface area contributed by atoms with Crippen molar-refractivity contribution in [2.45, 2.75) is 52.5 Å². The molecule has 2 saturated heterocycles. The number of amides is 1. The van der Waals surface area contributed by atoms with Crippen LogP contribution in [0.2, 0.25) is 0 Å². The molecule has 4 heterocycles. The van der Waals surface area contributed by atoms with E-state index in [1.54, 1.807) is 6.20 Å². The van der Waals surface area contributed by atoms with Crippen LogP contribution >= 0.6 is 0 Å². The van der Waals surface area contributed by atoms with E-state index in [0.717, 1.165) is 75.0 Å². The number of pyridine rings is 1. The fraction of sp³-hybridized carbons (Fsp3) is 0.565. The number of rotatable bonds is 4. The van der Waals surface area contributed by atoms with Gasteiger partial charge in [0, 0.05) is 50.2 Å². The third kappa shape index (κ3) is 4.89. The van der Waals surface area contributed by atoms with E-state index >= 15 is 0 Å². The molecular weight excluding hydrogens is 376 g/mol. The number of nitrogens with zero attached hydrogens (tertiary/aromatic N) is 5. The molecule has 0 bridgehead atoms. The van der Waals surface area contributed by atoms with Crippen molar-refractivity contribution in [2.75, 3.05) is 36.4 Å². The van der Waals surface area contributed by atoms with E-state index in [1.807, 2.05) is 30.9 Å². The topological polar surface area (TPSA) is 74.2 Å². The number of aryl methyl sites for hydroxylation is 2. The molecule has 160 valence electrons. The summed E-state index contributed by atoms with van der Waals surface area (Å²) in [6.45, 7) is 9.82. The van der Waals surface area contributed by atoms with Crippen LogP contribution in [0.3, 0.4) is 0 Å². The lowest BCUT2D eigenvalue weighted by Gasteiger charge is -2.33. The van der Waals surface area contributed by atoms with Crippen LogP contribution in [-0.2, 0) is 0 Å². The maximum absolute atomic E-state index is 12.7. The Bertz CT molecular complexity index is 848. The van der Waals surface area contributed by atoms with E-state index in [0.29, 0.717) is 17.5 Å². The Morgan fingerprint density at radius 2 is 1.77 bits per heavy atom. The maximum Gasteiger partial charge on any atom is 0.255 e. The second kappa shape index (κ2) is 8.98. The highest BCUT2D eigenvalue weighted by molar-refractivity contribution is 5.94. The van der Waals surface area contributed by atoms with Crippen LogP contribution in [0.5, 0.6) is 0 Å². The van der Waals surface area contributed by atoms with Crippen molar-refractivity contribution in [1.82, 2.24) is 19.9 Å². The van der Waals surface area contributed by atoms with Gasteiger partial charge in [0.15, 0.2) is 0 Å². The highest BCUT2D eigenvalue weighted by Crippen LogP contribution is 2.22. The maximum atomic E-state index is 12.7. The number of aromatic nitrogens is 3. The molecule has 2 aliphatic heterocycles. The SMILES string of the molecule is Cc1cc(N2CCC(Nc3ccc(C(=O)N4CCC(C)CC4)cn3)CC2)nc(C)n1. The number of piperidine rings is 2. The number of likely N-dealkylation sites (tertiary alicyclic amines) is 1. The second-order valence-electron chi connectivity index (χ2n) is 8.73. The summed E-state index contributed by atoms with van der Waals surface area (Å²) in [5.74, 6) is 3.50. The van der Waals surface area contributed by atoms with Gasteiger partial charge in [-0.15, -0.1) is 0 Å². The summed E-state index contributed by atoms with van der Waals surface area (Å²) in [5, 5.41) is 3.53. The molecule has 2 fully saturated rings. The van der Waals surface area contributed by atoms with Crippen LogP contribution in [-0.4, -0.2) is 58.0 Å². The lowest BCUT2D eigenvalue weighted by atomic mass is 9.99. The highest BCUT2D eigenvalue weighted by atomic mass is 16.2. The highest BCUT2D eigenvalue weighted by Gasteiger charge is 2.23. The first-order chi connectivity index (χ1) is 14.5. The van der Waals surface area contributed by atoms with Gasteiger partial charge in [0.25, 0.3) is 5.91 Å². The van der Waals surface area contributed by atoms with E-state index in [4.69, 9.17) is 0 Å². The summed E-state index contributed by atoms with van der Waals surface area (Å²) in [6, 6.07) is 6.27. The third-order valence-electron chi connectivity index (χ3n) is 6.20. The average molecular weight is 409 g/mol. The van der Waals surface area contributed by atoms with Gasteiger partial charge in [0.1, 0.15) is 17.5 Å². The number of carbonyl (C=O) groups excluding carboxylic acids is 1. The van der Waals surface area contributed by atoms with Crippen molar-refractivity contribution in [3.8, 4) is 0 Å². The van der Waals surface area contributed by atoms with Crippen molar-refractivity contribution < 1.29 is 4.79 Å². The van der Waals surface area contributed by atoms with Crippen LogP contribution in [0.25, 0.3) is 0 Å². The second-order valence-corrected chi connectivity index (χ2v) is 8.73. The van der Waals surface area contributed by atoms with Gasteiger partial charge in [-0.25, -0.2) is 15.0 Å². The fourth-order valence-corrected chi connectivity index (χ4v) is 4.32. The standard InChI is InChI=1S/C23H32N6O/c1-16-6-10-29(11-7-16)23(30)19-4-5-21(24-15-19)27-20-8-12-28(13-9-20)22-14-17(2)25-18(3)26-22/h4-5,14-16,20H,6-13H2,1-3H3,(H,24,27). The Kier molecular flexibility index (Phi) is 6.16. The van der Waals surface area contributed by atoms with Crippen molar-refractivity contribution in [3.63, 3.8) is 0 Å². The number of hydrogen-bond acceptors (Lipinski definition) is 6. The summed E-state index contributed by atoms with van der Waals surface area (Å²) < 4.78 is 0. The third-order valence-corrected chi connectivity index (χ3v) is 6.20. The molecule has 1 N–H and O–H groups in total. The molecule has 4 rings (SSSR count). The lowest BCUT2D eigenvalue weighted by molar-refractivity contribution is 0.0697. The van der Waals surface area contributed by atoms with E-state index in [2.05, 4.69) is 38.2 Å². The van der Waals surface area contributed by atoms with Gasteiger partial charge in [-0.2, -0.15) is 0 Å². The number of anilines is 2. The molecule has 2 aliphatic rings. The Morgan fingerprint density at radius 1 is 1.03 bits per heavy atom. The normalized spacial score (nSPS) is 18.5. The summed E-state index contributed by atoms with van der Waals surface area (Å²) in [5.41, 5.74) is 1.69. The van der Waals surface area contributed by atoms with E-state index in [1.165, 1.54) is 0 Å². The van der Waals surface area contributed by atoms with Gasteiger partial charge >= 0.3 is 0 Å². The van der Waals surface area contributed by atoms with E-state index in [9.17, 15) is 4.79 Å². The lowest BCUT2D eigenvalue weighted by Crippen LogP contribution is -2.40. The summed E-state index contributed by atoms with van der Waals surface area (Å²) in [6.07, 6.45) is 5.94. The monoisotopic (exact) mass is 408 g/mol. The van der Waals surface area contributed by atoms with Crippen LogP contribution in [0.4, 0.5) is 11.6 Å². The minimum atomic E-state index is 0.102. The molecule has 0 atom stereocenters. The number of nitrogens with one attached hydrogen (secondary N) is 1. The van der Waals surface area contributed by atoms with Crippen LogP contribution < -0.4 is 10.2 Å². The van der Waals surface area contributed by atoms with Gasteiger partial charge in [-0.1, -0.05) is 6.92 Å². The first kappa shape index (κ1) is 20.6. The fourth-order valence-electron chi connectivity index (χ4n) is 4.32. The molecule has 0 spiro atoms. The van der Waals surface area contributed by atoms with Gasteiger partial charge in [-0.3, -0.25) is 4.79 Å². The van der Waals surface area contributed by atoms with Gasteiger partial charge < -0.3 is 15.1 Å². The zero-order valence-electron chi connectivity index (χ0n) is 18.3. The summed E-state index contributed by atoms with van der Waals surface area (Å²) >= 11 is 0. The van der Waals surface area contributed by atoms with E-state index < -0.39 is 0 Å². The molecular formula is C23H32N6O. The molecule has 2 aromatic heterocycles. The zero-order valence-corrected chi connectivity index (χ0v) is 18.3. The summed E-state index contributed by atoms with van der Waals surface area (Å²) in [4.78, 5) is 30.4. The predicted molar refractivity (Wildman–Crippen MR) is 119 cm³/mol. The van der Waals surface area contributed by atoms with Crippen molar-refractivity contribution >= 4 is 17.5 Å². The first-order valence-corrected chi connectivity index (χ1v) is 11.1. The molecule has 0 aliphatic carbocycles. The molecule has 7 nitrogen and oxygen atoms in total. The molecule has 0 radical (unpaired) electrons. The molecule has 7 heteroatoms. The molecule has 1 amide bonds. The number of carbonyl (C=O) groups is 1. The molecule has 2 aromatic rings. The largest absolute Gasteiger partial charge is 0.367 e. The zero-order chi connectivity index (χ0) is 21.1. The minimum Gasteiger partial charge on any atom is -0.367 e. The van der Waals surface area contributed by atoms with Crippen molar-refractivity contribution in [2.24, 2.45) is 5.92 Å². The number of hydrogen-bond donors (Lipinski definition) is 1. The predicted octanol–water partition coefficient (Wildman–Crippen LogP) is 3.44. The quantitative estimate of drug-likeness (QED) is 0.835.